The average molecular weight is 338 g/mol. The third-order valence-corrected chi connectivity index (χ3v) is 4.60. The second-order valence-corrected chi connectivity index (χ2v) is 6.55. The van der Waals surface area contributed by atoms with Crippen LogP contribution in [0.15, 0.2) is 34.7 Å². The number of hydrogen-bond acceptors (Lipinski definition) is 3. The predicted octanol–water partition coefficient (Wildman–Crippen LogP) is 2.04. The highest BCUT2D eigenvalue weighted by molar-refractivity contribution is 7.89. The minimum atomic E-state index is -4.95. The highest BCUT2D eigenvalue weighted by atomic mass is 32.2. The molecule has 0 saturated carbocycles. The van der Waals surface area contributed by atoms with Crippen molar-refractivity contribution in [2.45, 2.75) is 17.5 Å². The van der Waals surface area contributed by atoms with Crippen LogP contribution in [0.25, 0.3) is 0 Å². The number of alkyl halides is 3. The van der Waals surface area contributed by atoms with E-state index in [2.05, 4.69) is 10.0 Å². The Morgan fingerprint density at radius 1 is 1.27 bits per heavy atom. The molecule has 9 heteroatoms. The van der Waals surface area contributed by atoms with Crippen LogP contribution in [0.4, 0.5) is 17.6 Å². The maximum Gasteiger partial charge on any atom is 0.419 e. The van der Waals surface area contributed by atoms with Crippen molar-refractivity contribution in [1.29, 1.82) is 0 Å². The Kier molecular flexibility index (Phi) is 4.88. The minimum absolute atomic E-state index is 0.0166. The van der Waals surface area contributed by atoms with Gasteiger partial charge in [-0.25, -0.2) is 17.5 Å². The van der Waals surface area contributed by atoms with Crippen molar-refractivity contribution in [3.8, 4) is 0 Å². The van der Waals surface area contributed by atoms with Crippen molar-refractivity contribution in [1.82, 2.24) is 10.0 Å². The van der Waals surface area contributed by atoms with Gasteiger partial charge in [-0.1, -0.05) is 11.6 Å². The summed E-state index contributed by atoms with van der Waals surface area (Å²) in [5.74, 6) is -1.51. The van der Waals surface area contributed by atoms with Crippen LogP contribution in [0.3, 0.4) is 0 Å². The van der Waals surface area contributed by atoms with Crippen LogP contribution in [0, 0.1) is 5.82 Å². The summed E-state index contributed by atoms with van der Waals surface area (Å²) in [6.07, 6.45) is -2.48. The third kappa shape index (κ3) is 4.05. The molecule has 0 atom stereocenters. The topological polar surface area (TPSA) is 58.2 Å². The Bertz CT molecular complexity index is 684. The molecule has 1 aliphatic heterocycles. The third-order valence-electron chi connectivity index (χ3n) is 3.20. The molecule has 0 bridgehead atoms. The summed E-state index contributed by atoms with van der Waals surface area (Å²) < 4.78 is 77.3. The van der Waals surface area contributed by atoms with E-state index in [0.717, 1.165) is 11.6 Å². The van der Waals surface area contributed by atoms with Crippen molar-refractivity contribution in [3.05, 3.63) is 41.2 Å². The monoisotopic (exact) mass is 338 g/mol. The summed E-state index contributed by atoms with van der Waals surface area (Å²) in [6, 6.07) is 1.61. The molecular formula is C13H14F4N2O2S. The minimum Gasteiger partial charge on any atom is -0.313 e. The first kappa shape index (κ1) is 16.9. The van der Waals surface area contributed by atoms with E-state index >= 15 is 0 Å². The van der Waals surface area contributed by atoms with Crippen LogP contribution in [-0.4, -0.2) is 28.1 Å². The summed E-state index contributed by atoms with van der Waals surface area (Å²) in [7, 11) is -4.14. The first-order valence-corrected chi connectivity index (χ1v) is 7.93. The summed E-state index contributed by atoms with van der Waals surface area (Å²) in [4.78, 5) is -0.615. The lowest BCUT2D eigenvalue weighted by atomic mass is 10.1. The van der Waals surface area contributed by atoms with Gasteiger partial charge in [0.15, 0.2) is 0 Å². The van der Waals surface area contributed by atoms with Gasteiger partial charge in [-0.2, -0.15) is 13.2 Å². The van der Waals surface area contributed by atoms with Gasteiger partial charge >= 0.3 is 6.18 Å². The standard InChI is InChI=1S/C13H14F4N2O2S/c14-12-2-1-10(7-11(12)13(15,16)17)22(20,21)19-8-9-3-5-18-6-4-9/h1-3,7,18-19H,4-6,8H2. The molecule has 0 spiro atoms. The molecule has 0 aliphatic carbocycles. The average Bonchev–Trinajstić information content (AvgIpc) is 2.45. The van der Waals surface area contributed by atoms with E-state index in [1.807, 2.05) is 6.08 Å². The smallest absolute Gasteiger partial charge is 0.313 e. The maximum atomic E-state index is 13.2. The van der Waals surface area contributed by atoms with E-state index in [4.69, 9.17) is 0 Å². The zero-order chi connectivity index (χ0) is 16.4. The number of benzene rings is 1. The Balaban J connectivity index is 2.20. The lowest BCUT2D eigenvalue weighted by Crippen LogP contribution is -2.30. The van der Waals surface area contributed by atoms with E-state index in [1.165, 1.54) is 0 Å². The van der Waals surface area contributed by atoms with Gasteiger partial charge in [-0.05, 0) is 31.2 Å². The van der Waals surface area contributed by atoms with Gasteiger partial charge in [-0.3, -0.25) is 0 Å². The molecule has 22 heavy (non-hydrogen) atoms. The quantitative estimate of drug-likeness (QED) is 0.652. The molecule has 122 valence electrons. The largest absolute Gasteiger partial charge is 0.419 e. The van der Waals surface area contributed by atoms with Gasteiger partial charge in [0, 0.05) is 13.1 Å². The summed E-state index contributed by atoms with van der Waals surface area (Å²) in [6.45, 7) is 1.34. The van der Waals surface area contributed by atoms with Crippen molar-refractivity contribution < 1.29 is 26.0 Å². The molecular weight excluding hydrogens is 324 g/mol. The Morgan fingerprint density at radius 2 is 2.00 bits per heavy atom. The second kappa shape index (κ2) is 6.35. The van der Waals surface area contributed by atoms with Crippen LogP contribution in [-0.2, 0) is 16.2 Å². The van der Waals surface area contributed by atoms with Gasteiger partial charge in [0.1, 0.15) is 5.82 Å². The highest BCUT2D eigenvalue weighted by Crippen LogP contribution is 2.32. The molecule has 2 rings (SSSR count). The molecule has 4 nitrogen and oxygen atoms in total. The Morgan fingerprint density at radius 3 is 2.59 bits per heavy atom. The zero-order valence-electron chi connectivity index (χ0n) is 11.4. The molecule has 0 radical (unpaired) electrons. The lowest BCUT2D eigenvalue weighted by Gasteiger charge is -2.15. The van der Waals surface area contributed by atoms with Crippen molar-refractivity contribution in [3.63, 3.8) is 0 Å². The Labute approximate surface area is 125 Å². The fourth-order valence-corrected chi connectivity index (χ4v) is 3.05. The number of rotatable bonds is 4. The van der Waals surface area contributed by atoms with Crippen LogP contribution in [0.1, 0.15) is 12.0 Å². The van der Waals surface area contributed by atoms with E-state index in [9.17, 15) is 26.0 Å². The predicted molar refractivity (Wildman–Crippen MR) is 72.2 cm³/mol. The fraction of sp³-hybridized carbons (Fsp3) is 0.385. The van der Waals surface area contributed by atoms with Crippen molar-refractivity contribution in [2.75, 3.05) is 19.6 Å². The number of halogens is 4. The normalized spacial score (nSPS) is 16.5. The molecule has 0 fully saturated rings. The number of hydrogen-bond donors (Lipinski definition) is 2. The van der Waals surface area contributed by atoms with E-state index in [0.29, 0.717) is 31.6 Å². The SMILES string of the molecule is O=S(=O)(NCC1=CCNCC1)c1ccc(F)c(C(F)(F)F)c1. The molecule has 0 amide bonds. The van der Waals surface area contributed by atoms with Gasteiger partial charge in [-0.15, -0.1) is 0 Å². The molecule has 1 aromatic rings. The molecule has 1 heterocycles. The summed E-state index contributed by atoms with van der Waals surface area (Å²) >= 11 is 0. The van der Waals surface area contributed by atoms with Crippen LogP contribution in [0.2, 0.25) is 0 Å². The fourth-order valence-electron chi connectivity index (χ4n) is 1.99. The first-order chi connectivity index (χ1) is 10.2. The van der Waals surface area contributed by atoms with E-state index in [-0.39, 0.29) is 6.54 Å². The number of nitrogens with one attached hydrogen (secondary N) is 2. The van der Waals surface area contributed by atoms with E-state index < -0.39 is 32.5 Å². The molecule has 2 N–H and O–H groups in total. The van der Waals surface area contributed by atoms with Gasteiger partial charge in [0.25, 0.3) is 0 Å². The van der Waals surface area contributed by atoms with Gasteiger partial charge in [0.05, 0.1) is 10.5 Å². The first-order valence-electron chi connectivity index (χ1n) is 6.45. The zero-order valence-corrected chi connectivity index (χ0v) is 12.2. The van der Waals surface area contributed by atoms with Crippen LogP contribution < -0.4 is 10.0 Å². The molecule has 0 unspecified atom stereocenters. The van der Waals surface area contributed by atoms with Crippen molar-refractivity contribution in [2.24, 2.45) is 0 Å². The van der Waals surface area contributed by atoms with E-state index in [1.54, 1.807) is 0 Å². The molecule has 0 aromatic heterocycles. The molecule has 1 aliphatic rings. The van der Waals surface area contributed by atoms with Crippen molar-refractivity contribution >= 4 is 10.0 Å². The maximum absolute atomic E-state index is 13.2. The second-order valence-electron chi connectivity index (χ2n) is 4.78. The number of sulfonamides is 1. The van der Waals surface area contributed by atoms with Gasteiger partial charge < -0.3 is 5.32 Å². The van der Waals surface area contributed by atoms with Crippen LogP contribution in [0.5, 0.6) is 0 Å². The van der Waals surface area contributed by atoms with Gasteiger partial charge in [0.2, 0.25) is 10.0 Å². The Hall–Kier alpha value is -1.45. The van der Waals surface area contributed by atoms with Crippen LogP contribution >= 0.6 is 0 Å². The highest BCUT2D eigenvalue weighted by Gasteiger charge is 2.35. The molecule has 1 aromatic carbocycles. The molecule has 0 saturated heterocycles. The summed E-state index contributed by atoms with van der Waals surface area (Å²) in [5.41, 5.74) is -0.753. The summed E-state index contributed by atoms with van der Waals surface area (Å²) in [5, 5.41) is 3.05. The lowest BCUT2D eigenvalue weighted by molar-refractivity contribution is -0.140.